The van der Waals surface area contributed by atoms with E-state index in [9.17, 15) is 9.59 Å². The minimum absolute atomic E-state index is 0.230. The number of esters is 1. The Kier molecular flexibility index (Phi) is 6.56. The number of rotatable bonds is 7. The van der Waals surface area contributed by atoms with Gasteiger partial charge in [0.1, 0.15) is 12.7 Å². The van der Waals surface area contributed by atoms with Crippen molar-refractivity contribution in [2.45, 2.75) is 33.0 Å². The van der Waals surface area contributed by atoms with Gasteiger partial charge in [-0.1, -0.05) is 6.07 Å². The fraction of sp³-hybridized carbons (Fsp3) is 0.292. The van der Waals surface area contributed by atoms with Crippen molar-refractivity contribution in [2.24, 2.45) is 0 Å². The van der Waals surface area contributed by atoms with Gasteiger partial charge >= 0.3 is 12.1 Å². The van der Waals surface area contributed by atoms with Crippen molar-refractivity contribution < 1.29 is 19.1 Å². The van der Waals surface area contributed by atoms with Crippen LogP contribution >= 0.6 is 0 Å². The number of methoxy groups -OCH3 is 1. The number of ether oxygens (including phenoxy) is 2. The van der Waals surface area contributed by atoms with E-state index in [-0.39, 0.29) is 18.6 Å². The number of aromatic nitrogens is 3. The predicted octanol–water partition coefficient (Wildman–Crippen LogP) is 2.61. The average molecular weight is 460 g/mol. The Hall–Kier alpha value is -4.23. The summed E-state index contributed by atoms with van der Waals surface area (Å²) in [4.78, 5) is 28.1. The Morgan fingerprint density at radius 3 is 2.91 bits per heavy atom. The Morgan fingerprint density at radius 2 is 2.18 bits per heavy atom. The number of nitrogens with zero attached hydrogens (tertiary/aromatic N) is 4. The summed E-state index contributed by atoms with van der Waals surface area (Å²) in [6.07, 6.45) is 4.57. The van der Waals surface area contributed by atoms with Gasteiger partial charge < -0.3 is 20.1 Å². The van der Waals surface area contributed by atoms with Gasteiger partial charge in [0.25, 0.3) is 0 Å². The molecule has 174 valence electrons. The van der Waals surface area contributed by atoms with Crippen LogP contribution in [0.4, 0.5) is 4.79 Å². The van der Waals surface area contributed by atoms with E-state index in [1.54, 1.807) is 16.9 Å². The molecular weight excluding hydrogens is 436 g/mol. The lowest BCUT2D eigenvalue weighted by atomic mass is 9.94. The van der Waals surface area contributed by atoms with Crippen LogP contribution in [0.3, 0.4) is 0 Å². The first-order valence-corrected chi connectivity index (χ1v) is 10.7. The molecule has 1 amide bonds. The molecule has 10 nitrogen and oxygen atoms in total. The molecule has 0 saturated carbocycles. The van der Waals surface area contributed by atoms with Gasteiger partial charge in [-0.15, -0.1) is 0 Å². The molecule has 2 N–H and O–H groups in total. The number of cyclic esters (lactones) is 1. The number of carbonyl (C=O) groups is 2. The van der Waals surface area contributed by atoms with Gasteiger partial charge in [0, 0.05) is 36.6 Å². The molecule has 0 bridgehead atoms. The molecule has 0 spiro atoms. The average Bonchev–Trinajstić information content (AvgIpc) is 3.46. The zero-order valence-electron chi connectivity index (χ0n) is 19.1. The van der Waals surface area contributed by atoms with Crippen LogP contribution in [-0.2, 0) is 22.6 Å². The molecule has 0 saturated heterocycles. The topological polar surface area (TPSA) is 131 Å². The SMILES string of the molecule is COC(=O)N[C@@H](CNCc1cnn(-c2cc(C)c(C#N)cn2)c1)c1ccc2c(c1C)COC2=O. The summed E-state index contributed by atoms with van der Waals surface area (Å²) in [5.41, 5.74) is 5.46. The third kappa shape index (κ3) is 4.60. The molecular formula is C24H24N6O4. The van der Waals surface area contributed by atoms with Gasteiger partial charge in [-0.3, -0.25) is 0 Å². The standard InChI is InChI=1S/C24H24N6O4/c1-14-6-22(27-10-17(14)7-25)30-12-16(9-28-30)8-26-11-21(29-24(32)33-3)18-4-5-19-20(15(18)2)13-34-23(19)31/h4-6,9-10,12,21,26H,8,11,13H2,1-3H3,(H,29,32)/t21-/m0/s1. The van der Waals surface area contributed by atoms with Crippen LogP contribution in [0.5, 0.6) is 0 Å². The number of pyridine rings is 1. The lowest BCUT2D eigenvalue weighted by Gasteiger charge is -2.22. The third-order valence-electron chi connectivity index (χ3n) is 5.83. The number of nitrogens with one attached hydrogen (secondary N) is 2. The van der Waals surface area contributed by atoms with Gasteiger partial charge in [-0.2, -0.15) is 10.4 Å². The van der Waals surface area contributed by atoms with Crippen molar-refractivity contribution in [1.82, 2.24) is 25.4 Å². The normalized spacial score (nSPS) is 13.1. The number of nitriles is 1. The van der Waals surface area contributed by atoms with E-state index in [0.29, 0.717) is 30.0 Å². The first-order chi connectivity index (χ1) is 16.4. The van der Waals surface area contributed by atoms with Gasteiger partial charge in [0.2, 0.25) is 0 Å². The van der Waals surface area contributed by atoms with Crippen LogP contribution in [0.15, 0.2) is 36.8 Å². The summed E-state index contributed by atoms with van der Waals surface area (Å²) in [5.74, 6) is 0.294. The first-order valence-electron chi connectivity index (χ1n) is 10.7. The maximum absolute atomic E-state index is 12.0. The van der Waals surface area contributed by atoms with Crippen LogP contribution in [0.1, 0.15) is 49.8 Å². The monoisotopic (exact) mass is 460 g/mol. The van der Waals surface area contributed by atoms with Crippen molar-refractivity contribution in [3.05, 3.63) is 75.7 Å². The van der Waals surface area contributed by atoms with E-state index >= 15 is 0 Å². The summed E-state index contributed by atoms with van der Waals surface area (Å²) in [6, 6.07) is 7.10. The largest absolute Gasteiger partial charge is 0.457 e. The Labute approximate surface area is 196 Å². The van der Waals surface area contributed by atoms with Crippen LogP contribution in [0.2, 0.25) is 0 Å². The van der Waals surface area contributed by atoms with E-state index in [4.69, 9.17) is 14.7 Å². The number of benzene rings is 1. The summed E-state index contributed by atoms with van der Waals surface area (Å²) in [6.45, 7) is 4.92. The number of aryl methyl sites for hydroxylation is 1. The molecule has 0 unspecified atom stereocenters. The number of hydrogen-bond donors (Lipinski definition) is 2. The molecule has 10 heteroatoms. The van der Waals surface area contributed by atoms with Crippen LogP contribution in [0, 0.1) is 25.2 Å². The second-order valence-corrected chi connectivity index (χ2v) is 7.96. The molecule has 2 aromatic heterocycles. The van der Waals surface area contributed by atoms with E-state index in [1.807, 2.05) is 32.2 Å². The number of fused-ring (bicyclic) bond motifs is 1. The van der Waals surface area contributed by atoms with Gasteiger partial charge in [-0.05, 0) is 42.7 Å². The molecule has 1 aromatic carbocycles. The minimum atomic E-state index is -0.547. The molecule has 4 rings (SSSR count). The highest BCUT2D eigenvalue weighted by atomic mass is 16.5. The number of carbonyl (C=O) groups excluding carboxylic acids is 2. The highest BCUT2D eigenvalue weighted by Gasteiger charge is 2.26. The molecule has 1 aliphatic heterocycles. The molecule has 1 atom stereocenters. The fourth-order valence-corrected chi connectivity index (χ4v) is 3.91. The minimum Gasteiger partial charge on any atom is -0.457 e. The zero-order chi connectivity index (χ0) is 24.2. The van der Waals surface area contributed by atoms with E-state index in [1.165, 1.54) is 13.3 Å². The zero-order valence-corrected chi connectivity index (χ0v) is 19.1. The van der Waals surface area contributed by atoms with Gasteiger partial charge in [-0.25, -0.2) is 19.3 Å². The van der Waals surface area contributed by atoms with Crippen LogP contribution in [-0.4, -0.2) is 40.5 Å². The van der Waals surface area contributed by atoms with Crippen molar-refractivity contribution in [2.75, 3.05) is 13.7 Å². The highest BCUT2D eigenvalue weighted by Crippen LogP contribution is 2.29. The van der Waals surface area contributed by atoms with Gasteiger partial charge in [0.05, 0.1) is 30.5 Å². The molecule has 0 fully saturated rings. The van der Waals surface area contributed by atoms with Crippen LogP contribution in [0.25, 0.3) is 5.82 Å². The molecule has 3 heterocycles. The summed E-state index contributed by atoms with van der Waals surface area (Å²) >= 11 is 0. The predicted molar refractivity (Wildman–Crippen MR) is 121 cm³/mol. The number of amides is 1. The van der Waals surface area contributed by atoms with Crippen molar-refractivity contribution in [1.29, 1.82) is 5.26 Å². The quantitative estimate of drug-likeness (QED) is 0.515. The molecule has 34 heavy (non-hydrogen) atoms. The Morgan fingerprint density at radius 1 is 1.35 bits per heavy atom. The lowest BCUT2D eigenvalue weighted by Crippen LogP contribution is -2.36. The number of hydrogen-bond acceptors (Lipinski definition) is 8. The summed E-state index contributed by atoms with van der Waals surface area (Å²) in [5, 5.41) is 19.6. The highest BCUT2D eigenvalue weighted by molar-refractivity contribution is 5.94. The van der Waals surface area contributed by atoms with Crippen molar-refractivity contribution >= 4 is 12.1 Å². The second kappa shape index (κ2) is 9.72. The first kappa shape index (κ1) is 22.9. The van der Waals surface area contributed by atoms with E-state index in [0.717, 1.165) is 27.8 Å². The van der Waals surface area contributed by atoms with Crippen molar-refractivity contribution in [3.63, 3.8) is 0 Å². The third-order valence-corrected chi connectivity index (χ3v) is 5.83. The summed E-state index contributed by atoms with van der Waals surface area (Å²) < 4.78 is 11.6. The lowest BCUT2D eigenvalue weighted by molar-refractivity contribution is 0.0535. The smallest absolute Gasteiger partial charge is 0.407 e. The van der Waals surface area contributed by atoms with E-state index < -0.39 is 6.09 Å². The molecule has 0 aliphatic carbocycles. The van der Waals surface area contributed by atoms with Crippen LogP contribution < -0.4 is 10.6 Å². The Balaban J connectivity index is 1.46. The maximum atomic E-state index is 12.0. The molecule has 0 radical (unpaired) electrons. The summed E-state index contributed by atoms with van der Waals surface area (Å²) in [7, 11) is 1.31. The fourth-order valence-electron chi connectivity index (χ4n) is 3.91. The maximum Gasteiger partial charge on any atom is 0.407 e. The Bertz CT molecular complexity index is 1290. The molecule has 3 aromatic rings. The molecule has 1 aliphatic rings. The van der Waals surface area contributed by atoms with E-state index in [2.05, 4.69) is 26.8 Å². The van der Waals surface area contributed by atoms with Gasteiger partial charge in [0.15, 0.2) is 5.82 Å². The van der Waals surface area contributed by atoms with Crippen molar-refractivity contribution in [3.8, 4) is 11.9 Å². The second-order valence-electron chi connectivity index (χ2n) is 7.96. The number of alkyl carbamates (subject to hydrolysis) is 1.